The zero-order chi connectivity index (χ0) is 14.3. The minimum Gasteiger partial charge on any atom is -0.491 e. The molecule has 2 unspecified atom stereocenters. The van der Waals surface area contributed by atoms with Gasteiger partial charge in [-0.25, -0.2) is 0 Å². The van der Waals surface area contributed by atoms with Gasteiger partial charge in [-0.1, -0.05) is 13.0 Å². The van der Waals surface area contributed by atoms with Crippen LogP contribution in [0.4, 0.5) is 5.69 Å². The second-order valence-corrected chi connectivity index (χ2v) is 4.37. The van der Waals surface area contributed by atoms with Crippen LogP contribution in [0.5, 0.6) is 5.75 Å². The van der Waals surface area contributed by atoms with Crippen molar-refractivity contribution in [1.29, 1.82) is 0 Å². The number of anilines is 1. The number of nitrogens with two attached hydrogens (primary N) is 1. The van der Waals surface area contributed by atoms with E-state index < -0.39 is 6.04 Å². The molecule has 1 amide bonds. The van der Waals surface area contributed by atoms with Gasteiger partial charge in [-0.2, -0.15) is 0 Å². The number of nitrogens with one attached hydrogen (secondary N) is 1. The summed E-state index contributed by atoms with van der Waals surface area (Å²) in [6.07, 6.45) is 6.40. The van der Waals surface area contributed by atoms with E-state index in [2.05, 4.69) is 18.2 Å². The van der Waals surface area contributed by atoms with Crippen molar-refractivity contribution >= 4 is 11.6 Å². The normalized spacial score (nSPS) is 13.2. The van der Waals surface area contributed by atoms with Gasteiger partial charge in [-0.15, -0.1) is 12.3 Å². The molecule has 0 aliphatic rings. The number of hydrogen-bond donors (Lipinski definition) is 2. The zero-order valence-corrected chi connectivity index (χ0v) is 11.3. The van der Waals surface area contributed by atoms with Crippen molar-refractivity contribution < 1.29 is 9.53 Å². The van der Waals surface area contributed by atoms with Gasteiger partial charge in [0.05, 0.1) is 12.1 Å². The second kappa shape index (κ2) is 7.45. The number of benzene rings is 1. The van der Waals surface area contributed by atoms with Crippen LogP contribution in [0.25, 0.3) is 0 Å². The average Bonchev–Trinajstić information content (AvgIpc) is 2.39. The summed E-state index contributed by atoms with van der Waals surface area (Å²) in [5, 5.41) is 2.72. The fraction of sp³-hybridized carbons (Fsp3) is 0.400. The number of amides is 1. The van der Waals surface area contributed by atoms with E-state index in [-0.39, 0.29) is 18.4 Å². The van der Waals surface area contributed by atoms with Crippen LogP contribution in [0, 0.1) is 12.3 Å². The van der Waals surface area contributed by atoms with E-state index in [9.17, 15) is 4.79 Å². The van der Waals surface area contributed by atoms with E-state index in [1.165, 1.54) is 0 Å². The van der Waals surface area contributed by atoms with Crippen molar-refractivity contribution in [3.63, 3.8) is 0 Å². The maximum atomic E-state index is 11.7. The number of ether oxygens (including phenoxy) is 1. The second-order valence-electron chi connectivity index (χ2n) is 4.37. The summed E-state index contributed by atoms with van der Waals surface area (Å²) in [7, 11) is 0. The molecule has 102 valence electrons. The number of terminal acetylenes is 1. The highest BCUT2D eigenvalue weighted by Gasteiger charge is 2.12. The van der Waals surface area contributed by atoms with Crippen molar-refractivity contribution in [3.05, 3.63) is 24.3 Å². The van der Waals surface area contributed by atoms with Gasteiger partial charge in [0.1, 0.15) is 5.75 Å². The van der Waals surface area contributed by atoms with Crippen LogP contribution >= 0.6 is 0 Å². The fourth-order valence-corrected chi connectivity index (χ4v) is 1.42. The Balaban J connectivity index is 2.67. The first-order valence-corrected chi connectivity index (χ1v) is 6.33. The highest BCUT2D eigenvalue weighted by atomic mass is 16.5. The maximum Gasteiger partial charge on any atom is 0.242 e. The maximum absolute atomic E-state index is 11.7. The Morgan fingerprint density at radius 1 is 1.58 bits per heavy atom. The first kappa shape index (κ1) is 15.1. The van der Waals surface area contributed by atoms with Crippen LogP contribution in [0.1, 0.15) is 26.7 Å². The van der Waals surface area contributed by atoms with Crippen molar-refractivity contribution in [3.8, 4) is 18.1 Å². The first-order valence-electron chi connectivity index (χ1n) is 6.33. The lowest BCUT2D eigenvalue weighted by Gasteiger charge is -2.14. The summed E-state index contributed by atoms with van der Waals surface area (Å²) >= 11 is 0. The van der Waals surface area contributed by atoms with Gasteiger partial charge in [0.25, 0.3) is 0 Å². The Kier molecular flexibility index (Phi) is 5.91. The molecule has 0 radical (unpaired) electrons. The molecule has 1 aromatic rings. The topological polar surface area (TPSA) is 64.4 Å². The van der Waals surface area contributed by atoms with Crippen LogP contribution < -0.4 is 15.8 Å². The number of carbonyl (C=O) groups excluding carboxylic acids is 1. The summed E-state index contributed by atoms with van der Waals surface area (Å²) in [5.74, 6) is 2.80. The monoisotopic (exact) mass is 260 g/mol. The third-order valence-electron chi connectivity index (χ3n) is 2.69. The molecule has 0 saturated heterocycles. The van der Waals surface area contributed by atoms with E-state index in [0.717, 1.165) is 12.2 Å². The van der Waals surface area contributed by atoms with Crippen LogP contribution in [-0.4, -0.2) is 18.1 Å². The van der Waals surface area contributed by atoms with Crippen molar-refractivity contribution in [2.45, 2.75) is 38.8 Å². The minimum absolute atomic E-state index is 0.134. The fourth-order valence-electron chi connectivity index (χ4n) is 1.42. The van der Waals surface area contributed by atoms with E-state index in [1.54, 1.807) is 12.1 Å². The minimum atomic E-state index is -0.691. The Morgan fingerprint density at radius 3 is 2.95 bits per heavy atom. The molecular formula is C15H20N2O2. The van der Waals surface area contributed by atoms with E-state index in [1.807, 2.05) is 19.1 Å². The highest BCUT2D eigenvalue weighted by Crippen LogP contribution is 2.19. The number of rotatable bonds is 6. The van der Waals surface area contributed by atoms with Gasteiger partial charge >= 0.3 is 0 Å². The van der Waals surface area contributed by atoms with Gasteiger partial charge in [-0.05, 0) is 25.5 Å². The predicted molar refractivity (Wildman–Crippen MR) is 76.9 cm³/mol. The van der Waals surface area contributed by atoms with E-state index >= 15 is 0 Å². The first-order chi connectivity index (χ1) is 9.06. The molecule has 0 bridgehead atoms. The van der Waals surface area contributed by atoms with Crippen molar-refractivity contribution in [2.24, 2.45) is 5.73 Å². The molecular weight excluding hydrogens is 240 g/mol. The standard InChI is InChI=1S/C15H20N2O2/c1-4-7-14(16)15(18)17-12-8-6-9-13(10-12)19-11(3)5-2/h1,6,8-11,14H,5,7,16H2,2-3H3,(H,17,18). The lowest BCUT2D eigenvalue weighted by Crippen LogP contribution is -2.35. The number of hydrogen-bond acceptors (Lipinski definition) is 3. The number of carbonyl (C=O) groups is 1. The molecule has 3 N–H and O–H groups in total. The Labute approximate surface area is 114 Å². The summed E-state index contributed by atoms with van der Waals surface area (Å²) in [6.45, 7) is 4.04. The highest BCUT2D eigenvalue weighted by molar-refractivity contribution is 5.95. The largest absolute Gasteiger partial charge is 0.491 e. The molecule has 19 heavy (non-hydrogen) atoms. The van der Waals surface area contributed by atoms with Gasteiger partial charge < -0.3 is 15.8 Å². The van der Waals surface area contributed by atoms with Gasteiger partial charge in [0.15, 0.2) is 0 Å². The average molecular weight is 260 g/mol. The van der Waals surface area contributed by atoms with Crippen LogP contribution in [-0.2, 0) is 4.79 Å². The lowest BCUT2D eigenvalue weighted by atomic mass is 10.2. The van der Waals surface area contributed by atoms with Gasteiger partial charge in [0, 0.05) is 18.2 Å². The summed E-state index contributed by atoms with van der Waals surface area (Å²) in [6, 6.07) is 6.53. The molecule has 1 aromatic carbocycles. The predicted octanol–water partition coefficient (Wildman–Crippen LogP) is 2.15. The molecule has 2 atom stereocenters. The molecule has 0 aliphatic carbocycles. The van der Waals surface area contributed by atoms with Crippen molar-refractivity contribution in [1.82, 2.24) is 0 Å². The Hall–Kier alpha value is -1.99. The summed E-state index contributed by atoms with van der Waals surface area (Å²) in [4.78, 5) is 11.7. The summed E-state index contributed by atoms with van der Waals surface area (Å²) < 4.78 is 5.68. The molecule has 0 aromatic heterocycles. The molecule has 0 spiro atoms. The van der Waals surface area contributed by atoms with E-state index in [4.69, 9.17) is 16.9 Å². The van der Waals surface area contributed by atoms with Crippen LogP contribution in [0.3, 0.4) is 0 Å². The van der Waals surface area contributed by atoms with Crippen molar-refractivity contribution in [2.75, 3.05) is 5.32 Å². The molecule has 1 rings (SSSR count). The smallest absolute Gasteiger partial charge is 0.242 e. The molecule has 4 heteroatoms. The lowest BCUT2D eigenvalue weighted by molar-refractivity contribution is -0.117. The van der Waals surface area contributed by atoms with Gasteiger partial charge in [-0.3, -0.25) is 4.79 Å². The molecule has 0 saturated carbocycles. The molecule has 0 heterocycles. The Bertz CT molecular complexity index is 465. The third-order valence-corrected chi connectivity index (χ3v) is 2.69. The van der Waals surface area contributed by atoms with Crippen LogP contribution in [0.15, 0.2) is 24.3 Å². The summed E-state index contributed by atoms with van der Waals surface area (Å²) in [5.41, 5.74) is 6.28. The quantitative estimate of drug-likeness (QED) is 0.770. The van der Waals surface area contributed by atoms with Gasteiger partial charge in [0.2, 0.25) is 5.91 Å². The molecule has 0 fully saturated rings. The molecule has 4 nitrogen and oxygen atoms in total. The van der Waals surface area contributed by atoms with Crippen LogP contribution in [0.2, 0.25) is 0 Å². The zero-order valence-electron chi connectivity index (χ0n) is 11.3. The Morgan fingerprint density at radius 2 is 2.32 bits per heavy atom. The molecule has 0 aliphatic heterocycles. The van der Waals surface area contributed by atoms with E-state index in [0.29, 0.717) is 5.69 Å². The third kappa shape index (κ3) is 5.02. The SMILES string of the molecule is C#CCC(N)C(=O)Nc1cccc(OC(C)CC)c1.